The van der Waals surface area contributed by atoms with Crippen LogP contribution in [0, 0.1) is 23.6 Å². The number of halogens is 7. The number of aromatic nitrogens is 2. The third kappa shape index (κ3) is 8.50. The largest absolute Gasteiger partial charge is 0.406 e. The molecule has 1 heterocycles. The van der Waals surface area contributed by atoms with Gasteiger partial charge in [-0.2, -0.15) is 31.4 Å². The third-order valence-electron chi connectivity index (χ3n) is 7.85. The van der Waals surface area contributed by atoms with Crippen LogP contribution in [0.5, 0.6) is 0 Å². The number of carbonyl (C=O) groups is 3. The van der Waals surface area contributed by atoms with Crippen molar-refractivity contribution in [2.24, 2.45) is 17.8 Å². The van der Waals surface area contributed by atoms with E-state index in [4.69, 9.17) is 0 Å². The van der Waals surface area contributed by atoms with Crippen LogP contribution in [0.15, 0.2) is 30.5 Å². The van der Waals surface area contributed by atoms with E-state index in [1.54, 1.807) is 0 Å². The molecular weight excluding hydrogens is 599 g/mol. The molecule has 242 valence electrons. The summed E-state index contributed by atoms with van der Waals surface area (Å²) in [4.78, 5) is 39.1. The minimum Gasteiger partial charge on any atom is -0.339 e. The molecule has 3 amide bonds. The highest BCUT2D eigenvalue weighted by Gasteiger charge is 2.48. The van der Waals surface area contributed by atoms with Crippen LogP contribution in [0.4, 0.5) is 36.4 Å². The van der Waals surface area contributed by atoms with Crippen LogP contribution in [0.1, 0.15) is 74.5 Å². The Hall–Kier alpha value is -3.65. The Kier molecular flexibility index (Phi) is 9.64. The Morgan fingerprint density at radius 1 is 0.955 bits per heavy atom. The first-order chi connectivity index (χ1) is 20.4. The molecule has 4 rings (SSSR count). The highest BCUT2D eigenvalue weighted by atomic mass is 19.4. The fourth-order valence-electron chi connectivity index (χ4n) is 5.52. The first-order valence-corrected chi connectivity index (χ1v) is 14.3. The molecule has 2 saturated carbocycles. The average Bonchev–Trinajstić information content (AvgIpc) is 3.85. The molecule has 8 nitrogen and oxygen atoms in total. The van der Waals surface area contributed by atoms with Gasteiger partial charge in [0, 0.05) is 12.2 Å². The summed E-state index contributed by atoms with van der Waals surface area (Å²) >= 11 is 0. The van der Waals surface area contributed by atoms with E-state index in [9.17, 15) is 40.7 Å². The summed E-state index contributed by atoms with van der Waals surface area (Å²) in [6.07, 6.45) is -5.15. The first kappa shape index (κ1) is 33.2. The third-order valence-corrected chi connectivity index (χ3v) is 7.85. The summed E-state index contributed by atoms with van der Waals surface area (Å²) in [5, 5.41) is 9.46. The molecule has 44 heavy (non-hydrogen) atoms. The Morgan fingerprint density at radius 2 is 1.52 bits per heavy atom. The number of benzene rings is 1. The molecule has 2 aliphatic rings. The zero-order valence-electron chi connectivity index (χ0n) is 24.3. The molecule has 0 unspecified atom stereocenters. The zero-order valence-corrected chi connectivity index (χ0v) is 24.3. The van der Waals surface area contributed by atoms with Gasteiger partial charge < -0.3 is 15.5 Å². The van der Waals surface area contributed by atoms with Gasteiger partial charge in [-0.3, -0.25) is 19.1 Å². The topological polar surface area (TPSA) is 96.3 Å². The predicted molar refractivity (Wildman–Crippen MR) is 145 cm³/mol. The van der Waals surface area contributed by atoms with E-state index in [1.165, 1.54) is 16.9 Å². The number of amides is 3. The van der Waals surface area contributed by atoms with Gasteiger partial charge >= 0.3 is 12.4 Å². The van der Waals surface area contributed by atoms with Crippen LogP contribution < -0.4 is 10.6 Å². The van der Waals surface area contributed by atoms with Crippen LogP contribution in [0.25, 0.3) is 0 Å². The van der Waals surface area contributed by atoms with Crippen molar-refractivity contribution < 1.29 is 45.1 Å². The van der Waals surface area contributed by atoms with Crippen molar-refractivity contribution in [3.8, 4) is 0 Å². The Morgan fingerprint density at radius 3 is 2.00 bits per heavy atom. The van der Waals surface area contributed by atoms with Gasteiger partial charge in [0.2, 0.25) is 11.8 Å². The van der Waals surface area contributed by atoms with E-state index in [0.29, 0.717) is 0 Å². The number of nitrogens with one attached hydrogen (secondary N) is 2. The summed E-state index contributed by atoms with van der Waals surface area (Å²) in [7, 11) is 0. The molecule has 15 heteroatoms. The summed E-state index contributed by atoms with van der Waals surface area (Å²) in [6, 6.07) is 3.41. The van der Waals surface area contributed by atoms with Crippen LogP contribution in [0.3, 0.4) is 0 Å². The van der Waals surface area contributed by atoms with Crippen molar-refractivity contribution in [2.75, 3.05) is 18.4 Å². The van der Waals surface area contributed by atoms with Gasteiger partial charge in [-0.1, -0.05) is 6.07 Å². The average molecular weight is 634 g/mol. The SMILES string of the molecule is CC(C)n1nccc1C(=O)N[C@H](C(=O)Nc1ccc([C@H](C)C(=O)N(CC(F)(F)F)CC(F)(F)F)cc1F)C(C1CC1)C1CC1. The van der Waals surface area contributed by atoms with Crippen molar-refractivity contribution >= 4 is 23.4 Å². The lowest BCUT2D eigenvalue weighted by molar-refractivity contribution is -0.188. The normalized spacial score (nSPS) is 17.0. The Balaban J connectivity index is 1.53. The number of hydrogen-bond acceptors (Lipinski definition) is 4. The standard InChI is InChI=1S/C29H34F7N5O3/c1-15(2)41-22(10-11-37-41)25(42)39-24(23(17-4-5-17)18-6-7-18)26(43)38-21-9-8-19(12-20(21)30)16(3)27(44)40(13-28(31,32)33)14-29(34,35)36/h8-12,15-18,23-24H,4-7,13-14H2,1-3H3,(H,38,43)(H,39,42)/t16-,24-/m0/s1. The lowest BCUT2D eigenvalue weighted by Gasteiger charge is -2.28. The monoisotopic (exact) mass is 633 g/mol. The molecule has 2 N–H and O–H groups in total. The molecule has 2 atom stereocenters. The van der Waals surface area contributed by atoms with Gasteiger partial charge in [0.25, 0.3) is 5.91 Å². The maximum absolute atomic E-state index is 15.2. The van der Waals surface area contributed by atoms with E-state index in [1.807, 2.05) is 13.8 Å². The second-order valence-electron chi connectivity index (χ2n) is 11.8. The Bertz CT molecular complexity index is 1340. The highest BCUT2D eigenvalue weighted by molar-refractivity contribution is 6.01. The summed E-state index contributed by atoms with van der Waals surface area (Å²) in [6.45, 7) is 0.506. The molecule has 2 fully saturated rings. The molecule has 1 aromatic carbocycles. The van der Waals surface area contributed by atoms with E-state index in [2.05, 4.69) is 15.7 Å². The highest BCUT2D eigenvalue weighted by Crippen LogP contribution is 2.51. The fourth-order valence-corrected chi connectivity index (χ4v) is 5.52. The van der Waals surface area contributed by atoms with Gasteiger partial charge in [0.05, 0.1) is 11.6 Å². The zero-order chi connectivity index (χ0) is 32.6. The minimum absolute atomic E-state index is 0.128. The predicted octanol–water partition coefficient (Wildman–Crippen LogP) is 5.83. The van der Waals surface area contributed by atoms with Crippen molar-refractivity contribution in [3.05, 3.63) is 47.5 Å². The molecule has 2 aromatic rings. The number of rotatable bonds is 12. The second kappa shape index (κ2) is 12.8. The second-order valence-corrected chi connectivity index (χ2v) is 11.8. The van der Waals surface area contributed by atoms with Gasteiger partial charge in [-0.15, -0.1) is 0 Å². The van der Waals surface area contributed by atoms with Crippen molar-refractivity contribution in [3.63, 3.8) is 0 Å². The summed E-state index contributed by atoms with van der Waals surface area (Å²) in [5.74, 6) is -5.04. The molecule has 0 aliphatic heterocycles. The molecule has 0 saturated heterocycles. The van der Waals surface area contributed by atoms with Gasteiger partial charge in [-0.25, -0.2) is 4.39 Å². The van der Waals surface area contributed by atoms with Crippen molar-refractivity contribution in [1.29, 1.82) is 0 Å². The van der Waals surface area contributed by atoms with Crippen molar-refractivity contribution in [1.82, 2.24) is 20.0 Å². The smallest absolute Gasteiger partial charge is 0.339 e. The van der Waals surface area contributed by atoms with Gasteiger partial charge in [0.15, 0.2) is 0 Å². The number of nitrogens with zero attached hydrogens (tertiary/aromatic N) is 3. The van der Waals surface area contributed by atoms with E-state index < -0.39 is 60.9 Å². The fraction of sp³-hybridized carbons (Fsp3) is 0.586. The Labute approximate surface area is 249 Å². The molecule has 0 spiro atoms. The van der Waals surface area contributed by atoms with Crippen LogP contribution in [-0.4, -0.2) is 63.9 Å². The van der Waals surface area contributed by atoms with Gasteiger partial charge in [0.1, 0.15) is 30.6 Å². The number of alkyl halides is 6. The molecular formula is C29H34F7N5O3. The summed E-state index contributed by atoms with van der Waals surface area (Å²) in [5.41, 5.74) is -0.249. The van der Waals surface area contributed by atoms with E-state index in [0.717, 1.165) is 50.8 Å². The quantitative estimate of drug-likeness (QED) is 0.288. The number of hydrogen-bond donors (Lipinski definition) is 2. The molecule has 2 aliphatic carbocycles. The molecule has 0 bridgehead atoms. The molecule has 0 radical (unpaired) electrons. The van der Waals surface area contributed by atoms with Crippen LogP contribution in [0.2, 0.25) is 0 Å². The van der Waals surface area contributed by atoms with Crippen LogP contribution >= 0.6 is 0 Å². The lowest BCUT2D eigenvalue weighted by Crippen LogP contribution is -2.50. The van der Waals surface area contributed by atoms with Gasteiger partial charge in [-0.05, 0) is 88.0 Å². The van der Waals surface area contributed by atoms with E-state index >= 15 is 4.39 Å². The number of carbonyl (C=O) groups excluding carboxylic acids is 3. The maximum Gasteiger partial charge on any atom is 0.406 e. The molecule has 1 aromatic heterocycles. The summed E-state index contributed by atoms with van der Waals surface area (Å²) < 4.78 is 94.1. The van der Waals surface area contributed by atoms with E-state index in [-0.39, 0.29) is 45.6 Å². The lowest BCUT2D eigenvalue weighted by atomic mass is 9.88. The number of anilines is 1. The maximum atomic E-state index is 15.2. The van der Waals surface area contributed by atoms with Crippen molar-refractivity contribution in [2.45, 2.75) is 76.8 Å². The first-order valence-electron chi connectivity index (χ1n) is 14.3. The van der Waals surface area contributed by atoms with Crippen LogP contribution in [-0.2, 0) is 9.59 Å². The minimum atomic E-state index is -5.08.